The highest BCUT2D eigenvalue weighted by atomic mass is 16.6. The van der Waals surface area contributed by atoms with E-state index in [1.54, 1.807) is 43.3 Å². The molecule has 22 heavy (non-hydrogen) atoms. The summed E-state index contributed by atoms with van der Waals surface area (Å²) in [6.45, 7) is 2.11. The number of ether oxygens (including phenoxy) is 1. The lowest BCUT2D eigenvalue weighted by Crippen LogP contribution is -1.98. The van der Waals surface area contributed by atoms with Crippen molar-refractivity contribution in [3.63, 3.8) is 0 Å². The number of allylic oxidation sites excluding steroid dienone is 1. The zero-order chi connectivity index (χ0) is 15.9. The van der Waals surface area contributed by atoms with Crippen molar-refractivity contribution in [3.05, 3.63) is 75.8 Å². The molecule has 0 atom stereocenters. The Morgan fingerprint density at radius 3 is 2.59 bits per heavy atom. The van der Waals surface area contributed by atoms with Crippen LogP contribution >= 0.6 is 0 Å². The van der Waals surface area contributed by atoms with Crippen molar-refractivity contribution in [1.82, 2.24) is 0 Å². The summed E-state index contributed by atoms with van der Waals surface area (Å²) < 4.78 is 5.22. The molecule has 2 rings (SSSR count). The Balaban J connectivity index is 2.23. The number of nitro benzene ring substituents is 1. The van der Waals surface area contributed by atoms with Crippen LogP contribution in [0, 0.1) is 10.1 Å². The van der Waals surface area contributed by atoms with Crippen molar-refractivity contribution in [1.29, 1.82) is 0 Å². The Kier molecular flexibility index (Phi) is 5.03. The summed E-state index contributed by atoms with van der Waals surface area (Å²) in [4.78, 5) is 22.5. The topological polar surface area (TPSA) is 69.4 Å². The van der Waals surface area contributed by atoms with Gasteiger partial charge in [0.1, 0.15) is 0 Å². The maximum atomic E-state index is 12.0. The minimum Gasteiger partial charge on any atom is -0.487 e. The third-order valence-electron chi connectivity index (χ3n) is 2.96. The van der Waals surface area contributed by atoms with Crippen LogP contribution in [0.25, 0.3) is 6.08 Å². The second-order valence-electron chi connectivity index (χ2n) is 4.48. The van der Waals surface area contributed by atoms with Gasteiger partial charge in [-0.2, -0.15) is 0 Å². The molecule has 0 heterocycles. The smallest absolute Gasteiger partial charge is 0.311 e. The number of nitro groups is 1. The fraction of sp³-hybridized carbons (Fsp3) is 0.118. The molecule has 0 radical (unpaired) electrons. The van der Waals surface area contributed by atoms with Crippen molar-refractivity contribution >= 4 is 17.5 Å². The minimum atomic E-state index is -0.499. The van der Waals surface area contributed by atoms with Gasteiger partial charge in [-0.05, 0) is 24.6 Å². The van der Waals surface area contributed by atoms with E-state index in [-0.39, 0.29) is 17.2 Å². The number of benzene rings is 2. The first-order chi connectivity index (χ1) is 10.6. The molecule has 112 valence electrons. The van der Waals surface area contributed by atoms with E-state index in [0.29, 0.717) is 17.7 Å². The molecule has 0 bridgehead atoms. The molecule has 0 saturated heterocycles. The molecule has 0 aromatic heterocycles. The lowest BCUT2D eigenvalue weighted by Gasteiger charge is -2.04. The van der Waals surface area contributed by atoms with Crippen LogP contribution in [-0.4, -0.2) is 17.3 Å². The Morgan fingerprint density at radius 2 is 1.95 bits per heavy atom. The van der Waals surface area contributed by atoms with E-state index in [1.165, 1.54) is 18.2 Å². The van der Waals surface area contributed by atoms with Crippen LogP contribution in [0.4, 0.5) is 5.69 Å². The summed E-state index contributed by atoms with van der Waals surface area (Å²) in [6, 6.07) is 13.4. The second kappa shape index (κ2) is 7.17. The zero-order valence-corrected chi connectivity index (χ0v) is 12.1. The molecule has 0 aliphatic rings. The fourth-order valence-corrected chi connectivity index (χ4v) is 1.93. The number of rotatable bonds is 6. The number of nitrogens with zero attached hydrogens (tertiary/aromatic N) is 1. The van der Waals surface area contributed by atoms with E-state index in [0.717, 1.165) is 0 Å². The largest absolute Gasteiger partial charge is 0.487 e. The minimum absolute atomic E-state index is 0.115. The Labute approximate surface area is 128 Å². The van der Waals surface area contributed by atoms with E-state index in [4.69, 9.17) is 4.74 Å². The summed E-state index contributed by atoms with van der Waals surface area (Å²) in [7, 11) is 0. The van der Waals surface area contributed by atoms with Crippen molar-refractivity contribution in [3.8, 4) is 5.75 Å². The maximum Gasteiger partial charge on any atom is 0.311 e. The zero-order valence-electron chi connectivity index (χ0n) is 12.1. The Morgan fingerprint density at radius 1 is 1.23 bits per heavy atom. The fourth-order valence-electron chi connectivity index (χ4n) is 1.93. The van der Waals surface area contributed by atoms with Crippen LogP contribution < -0.4 is 4.74 Å². The normalized spacial score (nSPS) is 10.6. The van der Waals surface area contributed by atoms with Gasteiger partial charge >= 0.3 is 5.69 Å². The monoisotopic (exact) mass is 297 g/mol. The molecular formula is C17H15NO4. The van der Waals surface area contributed by atoms with Crippen molar-refractivity contribution in [2.24, 2.45) is 0 Å². The van der Waals surface area contributed by atoms with Gasteiger partial charge in [0.05, 0.1) is 11.5 Å². The summed E-state index contributed by atoms with van der Waals surface area (Å²) in [6.07, 6.45) is 2.95. The highest BCUT2D eigenvalue weighted by Crippen LogP contribution is 2.28. The van der Waals surface area contributed by atoms with Crippen LogP contribution in [-0.2, 0) is 0 Å². The first kappa shape index (κ1) is 15.4. The molecular weight excluding hydrogens is 282 g/mol. The molecule has 2 aromatic carbocycles. The van der Waals surface area contributed by atoms with Gasteiger partial charge in [-0.1, -0.05) is 42.5 Å². The molecule has 0 N–H and O–H groups in total. The lowest BCUT2D eigenvalue weighted by molar-refractivity contribution is -0.385. The number of carbonyl (C=O) groups excluding carboxylic acids is 1. The maximum absolute atomic E-state index is 12.0. The van der Waals surface area contributed by atoms with Crippen LogP contribution in [0.2, 0.25) is 0 Å². The van der Waals surface area contributed by atoms with Gasteiger partial charge in [0, 0.05) is 11.6 Å². The number of hydrogen-bond donors (Lipinski definition) is 0. The van der Waals surface area contributed by atoms with E-state index >= 15 is 0 Å². The predicted octanol–water partition coefficient (Wildman–Crippen LogP) is 3.89. The van der Waals surface area contributed by atoms with Gasteiger partial charge in [-0.25, -0.2) is 0 Å². The number of hydrogen-bond acceptors (Lipinski definition) is 4. The van der Waals surface area contributed by atoms with Gasteiger partial charge in [0.2, 0.25) is 0 Å². The quantitative estimate of drug-likeness (QED) is 0.351. The average Bonchev–Trinajstić information content (AvgIpc) is 2.54. The van der Waals surface area contributed by atoms with Gasteiger partial charge in [-0.3, -0.25) is 14.9 Å². The van der Waals surface area contributed by atoms with E-state index < -0.39 is 4.92 Å². The Hall–Kier alpha value is -2.95. The summed E-state index contributed by atoms with van der Waals surface area (Å²) in [5.74, 6) is 0.0659. The van der Waals surface area contributed by atoms with Gasteiger partial charge in [-0.15, -0.1) is 0 Å². The van der Waals surface area contributed by atoms with Crippen molar-refractivity contribution < 1.29 is 14.5 Å². The van der Waals surface area contributed by atoms with E-state index in [2.05, 4.69) is 0 Å². The number of carbonyl (C=O) groups is 1. The van der Waals surface area contributed by atoms with Gasteiger partial charge in [0.15, 0.2) is 11.5 Å². The highest BCUT2D eigenvalue weighted by molar-refractivity contribution is 6.06. The van der Waals surface area contributed by atoms with Gasteiger partial charge in [0.25, 0.3) is 0 Å². The van der Waals surface area contributed by atoms with Crippen LogP contribution in [0.3, 0.4) is 0 Å². The standard InChI is InChI=1S/C17H15NO4/c1-2-22-17-11-9-13(12-15(17)18(20)21)8-10-16(19)14-6-4-3-5-7-14/h3-12H,2H2,1H3/b10-8+. The molecule has 5 heteroatoms. The Bertz CT molecular complexity index is 708. The predicted molar refractivity (Wildman–Crippen MR) is 84.1 cm³/mol. The number of ketones is 1. The summed E-state index contributed by atoms with van der Waals surface area (Å²) in [5, 5.41) is 11.0. The molecule has 5 nitrogen and oxygen atoms in total. The third kappa shape index (κ3) is 3.79. The van der Waals surface area contributed by atoms with Crippen molar-refractivity contribution in [2.45, 2.75) is 6.92 Å². The molecule has 0 aliphatic heterocycles. The first-order valence-corrected chi connectivity index (χ1v) is 6.80. The molecule has 0 spiro atoms. The second-order valence-corrected chi connectivity index (χ2v) is 4.48. The highest BCUT2D eigenvalue weighted by Gasteiger charge is 2.14. The summed E-state index contributed by atoms with van der Waals surface area (Å²) in [5.41, 5.74) is 1.02. The SMILES string of the molecule is CCOc1ccc(/C=C/C(=O)c2ccccc2)cc1[N+](=O)[O-]. The third-order valence-corrected chi connectivity index (χ3v) is 2.96. The molecule has 0 fully saturated rings. The molecule has 0 amide bonds. The van der Waals surface area contributed by atoms with Gasteiger partial charge < -0.3 is 4.74 Å². The first-order valence-electron chi connectivity index (χ1n) is 6.80. The average molecular weight is 297 g/mol. The van der Waals surface area contributed by atoms with Crippen molar-refractivity contribution in [2.75, 3.05) is 6.61 Å². The summed E-state index contributed by atoms with van der Waals surface area (Å²) >= 11 is 0. The molecule has 0 aliphatic carbocycles. The molecule has 0 saturated carbocycles. The van der Waals surface area contributed by atoms with Crippen LogP contribution in [0.1, 0.15) is 22.8 Å². The van der Waals surface area contributed by atoms with Crippen LogP contribution in [0.5, 0.6) is 5.75 Å². The molecule has 2 aromatic rings. The molecule has 0 unspecified atom stereocenters. The van der Waals surface area contributed by atoms with Crippen LogP contribution in [0.15, 0.2) is 54.6 Å². The van der Waals surface area contributed by atoms with E-state index in [9.17, 15) is 14.9 Å². The van der Waals surface area contributed by atoms with E-state index in [1.807, 2.05) is 6.07 Å². The lowest BCUT2D eigenvalue weighted by atomic mass is 10.1.